The van der Waals surface area contributed by atoms with Gasteiger partial charge in [-0.25, -0.2) is 0 Å². The number of Topliss-reactive ketones (excluding diaryl/α,β-unsaturated/α-hetero) is 1. The van der Waals surface area contributed by atoms with Gasteiger partial charge in [0.05, 0.1) is 11.8 Å². The Morgan fingerprint density at radius 3 is 2.54 bits per heavy atom. The molecule has 2 aliphatic heterocycles. The van der Waals surface area contributed by atoms with E-state index in [0.717, 1.165) is 12.8 Å². The Balaban J connectivity index is 2.12. The summed E-state index contributed by atoms with van der Waals surface area (Å²) < 4.78 is 5.21. The predicted molar refractivity (Wildman–Crippen MR) is 45.1 cm³/mol. The standard InChI is InChI=1S/C9H13NO3/c11-7-5-8(12)10-6-9(7)1-3-13-4-2-9/h1-6H2,(H,10,12). The molecule has 0 aromatic heterocycles. The number of rotatable bonds is 0. The van der Waals surface area contributed by atoms with E-state index in [-0.39, 0.29) is 23.5 Å². The smallest absolute Gasteiger partial charge is 0.227 e. The molecule has 0 aliphatic carbocycles. The predicted octanol–water partition coefficient (Wildman–Crippen LogP) is -0.128. The number of carbonyl (C=O) groups excluding carboxylic acids is 2. The van der Waals surface area contributed by atoms with Crippen molar-refractivity contribution in [2.75, 3.05) is 19.8 Å². The number of piperidine rings is 1. The molecule has 1 amide bonds. The highest BCUT2D eigenvalue weighted by atomic mass is 16.5. The Kier molecular flexibility index (Phi) is 2.07. The van der Waals surface area contributed by atoms with E-state index in [1.54, 1.807) is 0 Å². The van der Waals surface area contributed by atoms with Gasteiger partial charge >= 0.3 is 0 Å². The minimum atomic E-state index is -0.299. The van der Waals surface area contributed by atoms with Gasteiger partial charge in [0.25, 0.3) is 0 Å². The lowest BCUT2D eigenvalue weighted by Crippen LogP contribution is -2.52. The second-order valence-electron chi connectivity index (χ2n) is 3.77. The summed E-state index contributed by atoms with van der Waals surface area (Å²) in [5.74, 6) is -0.0401. The first-order valence-electron chi connectivity index (χ1n) is 4.61. The molecule has 0 saturated carbocycles. The summed E-state index contributed by atoms with van der Waals surface area (Å²) in [4.78, 5) is 22.6. The zero-order chi connectivity index (χ0) is 9.31. The van der Waals surface area contributed by atoms with Gasteiger partial charge in [-0.05, 0) is 12.8 Å². The minimum absolute atomic E-state index is 0.0556. The molecule has 0 aromatic rings. The van der Waals surface area contributed by atoms with Crippen molar-refractivity contribution >= 4 is 11.7 Å². The third-order valence-electron chi connectivity index (χ3n) is 2.99. The van der Waals surface area contributed by atoms with E-state index in [9.17, 15) is 9.59 Å². The van der Waals surface area contributed by atoms with Gasteiger partial charge in [-0.1, -0.05) is 0 Å². The van der Waals surface area contributed by atoms with Crippen LogP contribution in [-0.4, -0.2) is 31.4 Å². The zero-order valence-electron chi connectivity index (χ0n) is 7.47. The molecular formula is C9H13NO3. The van der Waals surface area contributed by atoms with E-state index >= 15 is 0 Å². The Morgan fingerprint density at radius 2 is 1.92 bits per heavy atom. The summed E-state index contributed by atoms with van der Waals surface area (Å²) in [5, 5.41) is 2.76. The first-order chi connectivity index (χ1) is 6.23. The van der Waals surface area contributed by atoms with Gasteiger partial charge in [-0.3, -0.25) is 9.59 Å². The van der Waals surface area contributed by atoms with E-state index in [0.29, 0.717) is 19.8 Å². The van der Waals surface area contributed by atoms with E-state index in [4.69, 9.17) is 4.74 Å². The fourth-order valence-corrected chi connectivity index (χ4v) is 1.98. The highest BCUT2D eigenvalue weighted by molar-refractivity contribution is 6.03. The molecule has 0 bridgehead atoms. The molecule has 0 aromatic carbocycles. The molecule has 1 spiro atoms. The molecule has 2 aliphatic rings. The van der Waals surface area contributed by atoms with Gasteiger partial charge in [-0.2, -0.15) is 0 Å². The molecule has 4 heteroatoms. The van der Waals surface area contributed by atoms with Gasteiger partial charge < -0.3 is 10.1 Å². The lowest BCUT2D eigenvalue weighted by Gasteiger charge is -2.38. The minimum Gasteiger partial charge on any atom is -0.381 e. The molecule has 4 nitrogen and oxygen atoms in total. The van der Waals surface area contributed by atoms with Crippen molar-refractivity contribution < 1.29 is 14.3 Å². The molecule has 2 rings (SSSR count). The van der Waals surface area contributed by atoms with Gasteiger partial charge in [0.15, 0.2) is 0 Å². The zero-order valence-corrected chi connectivity index (χ0v) is 7.47. The summed E-state index contributed by atoms with van der Waals surface area (Å²) in [7, 11) is 0. The molecule has 0 atom stereocenters. The maximum Gasteiger partial charge on any atom is 0.227 e. The number of nitrogens with one attached hydrogen (secondary N) is 1. The van der Waals surface area contributed by atoms with E-state index in [2.05, 4.69) is 5.32 Å². The number of ketones is 1. The molecule has 0 unspecified atom stereocenters. The van der Waals surface area contributed by atoms with Crippen LogP contribution in [0.25, 0.3) is 0 Å². The normalized spacial score (nSPS) is 27.4. The number of carbonyl (C=O) groups is 2. The topological polar surface area (TPSA) is 55.4 Å². The van der Waals surface area contributed by atoms with Crippen molar-refractivity contribution in [3.63, 3.8) is 0 Å². The van der Waals surface area contributed by atoms with Crippen LogP contribution in [0.1, 0.15) is 19.3 Å². The average Bonchev–Trinajstić information content (AvgIpc) is 2.14. The van der Waals surface area contributed by atoms with Crippen LogP contribution in [0.3, 0.4) is 0 Å². The SMILES string of the molecule is O=C1CC(=O)C2(CCOCC2)CN1. The van der Waals surface area contributed by atoms with Crippen molar-refractivity contribution in [2.45, 2.75) is 19.3 Å². The third kappa shape index (κ3) is 1.46. The van der Waals surface area contributed by atoms with Crippen LogP contribution in [0.15, 0.2) is 0 Å². The lowest BCUT2D eigenvalue weighted by molar-refractivity contribution is -0.143. The number of amides is 1. The van der Waals surface area contributed by atoms with E-state index in [1.807, 2.05) is 0 Å². The summed E-state index contributed by atoms with van der Waals surface area (Å²) >= 11 is 0. The number of hydrogen-bond acceptors (Lipinski definition) is 3. The fraction of sp³-hybridized carbons (Fsp3) is 0.778. The van der Waals surface area contributed by atoms with Gasteiger partial charge in [0.2, 0.25) is 5.91 Å². The first kappa shape index (κ1) is 8.69. The maximum atomic E-state index is 11.7. The highest BCUT2D eigenvalue weighted by Gasteiger charge is 2.43. The van der Waals surface area contributed by atoms with Gasteiger partial charge in [0.1, 0.15) is 5.78 Å². The van der Waals surface area contributed by atoms with Crippen molar-refractivity contribution in [3.05, 3.63) is 0 Å². The Hall–Kier alpha value is -0.900. The summed E-state index contributed by atoms with van der Waals surface area (Å²) in [6, 6.07) is 0. The van der Waals surface area contributed by atoms with Crippen LogP contribution in [0, 0.1) is 5.41 Å². The van der Waals surface area contributed by atoms with Crippen LogP contribution in [0.2, 0.25) is 0 Å². The van der Waals surface area contributed by atoms with Crippen LogP contribution >= 0.6 is 0 Å². The molecule has 72 valence electrons. The first-order valence-corrected chi connectivity index (χ1v) is 4.61. The molecule has 1 N–H and O–H groups in total. The molecule has 13 heavy (non-hydrogen) atoms. The third-order valence-corrected chi connectivity index (χ3v) is 2.99. The van der Waals surface area contributed by atoms with Crippen LogP contribution in [0.4, 0.5) is 0 Å². The largest absolute Gasteiger partial charge is 0.381 e. The van der Waals surface area contributed by atoms with Crippen LogP contribution in [-0.2, 0) is 14.3 Å². The summed E-state index contributed by atoms with van der Waals surface area (Å²) in [6.45, 7) is 1.79. The lowest BCUT2D eigenvalue weighted by atomic mass is 9.73. The monoisotopic (exact) mass is 183 g/mol. The molecule has 2 saturated heterocycles. The van der Waals surface area contributed by atoms with Crippen molar-refractivity contribution in [1.82, 2.24) is 5.32 Å². The van der Waals surface area contributed by atoms with Crippen LogP contribution in [0.5, 0.6) is 0 Å². The quantitative estimate of drug-likeness (QED) is 0.532. The number of hydrogen-bond donors (Lipinski definition) is 1. The van der Waals surface area contributed by atoms with Crippen molar-refractivity contribution in [1.29, 1.82) is 0 Å². The fourth-order valence-electron chi connectivity index (χ4n) is 1.98. The summed E-state index contributed by atoms with van der Waals surface area (Å²) in [5.41, 5.74) is -0.299. The average molecular weight is 183 g/mol. The van der Waals surface area contributed by atoms with Crippen LogP contribution < -0.4 is 5.32 Å². The second-order valence-corrected chi connectivity index (χ2v) is 3.77. The van der Waals surface area contributed by atoms with Gasteiger partial charge in [-0.15, -0.1) is 0 Å². The Labute approximate surface area is 76.6 Å². The number of ether oxygens (including phenoxy) is 1. The van der Waals surface area contributed by atoms with Crippen molar-refractivity contribution in [2.24, 2.45) is 5.41 Å². The Morgan fingerprint density at radius 1 is 1.23 bits per heavy atom. The molecule has 2 heterocycles. The maximum absolute atomic E-state index is 11.7. The molecule has 2 fully saturated rings. The molecule has 0 radical (unpaired) electrons. The Bertz CT molecular complexity index is 243. The van der Waals surface area contributed by atoms with Gasteiger partial charge in [0, 0.05) is 19.8 Å². The highest BCUT2D eigenvalue weighted by Crippen LogP contribution is 2.33. The molecular weight excluding hydrogens is 170 g/mol. The van der Waals surface area contributed by atoms with E-state index in [1.165, 1.54) is 0 Å². The van der Waals surface area contributed by atoms with E-state index < -0.39 is 0 Å². The van der Waals surface area contributed by atoms with Crippen molar-refractivity contribution in [3.8, 4) is 0 Å². The second kappa shape index (κ2) is 3.10. The summed E-state index contributed by atoms with van der Waals surface area (Å²) in [6.07, 6.45) is 1.57.